The number of hydrogen-bond donors (Lipinski definition) is 1. The van der Waals surface area contributed by atoms with Crippen molar-refractivity contribution in [1.82, 2.24) is 5.32 Å². The van der Waals surface area contributed by atoms with Crippen molar-refractivity contribution in [3.63, 3.8) is 0 Å². The third-order valence-electron chi connectivity index (χ3n) is 2.85. The molecule has 16 heavy (non-hydrogen) atoms. The average molecular weight is 217 g/mol. The summed E-state index contributed by atoms with van der Waals surface area (Å²) in [5.41, 5.74) is 2.78. The second kappa shape index (κ2) is 6.49. The summed E-state index contributed by atoms with van der Waals surface area (Å²) in [5, 5.41) is 3.50. The summed E-state index contributed by atoms with van der Waals surface area (Å²) >= 11 is 0. The molecule has 0 aliphatic carbocycles. The van der Waals surface area contributed by atoms with Crippen molar-refractivity contribution in [3.8, 4) is 0 Å². The summed E-state index contributed by atoms with van der Waals surface area (Å²) in [6.07, 6.45) is 4.25. The molecule has 0 saturated carbocycles. The Morgan fingerprint density at radius 1 is 1.38 bits per heavy atom. The first-order valence-electron chi connectivity index (χ1n) is 6.06. The van der Waals surface area contributed by atoms with Gasteiger partial charge in [0.2, 0.25) is 0 Å². The van der Waals surface area contributed by atoms with Gasteiger partial charge in [-0.3, -0.25) is 0 Å². The zero-order valence-electron chi connectivity index (χ0n) is 10.7. The molecular formula is C15H23N. The standard InChI is InChI=1S/C15H23N/c1-5-13(3)16-14(4)9-10-15-8-6-7-12(2)11-15/h5-8,11,13-14,16H,1,9-10H2,2-4H3. The van der Waals surface area contributed by atoms with Crippen LogP contribution in [0.3, 0.4) is 0 Å². The lowest BCUT2D eigenvalue weighted by molar-refractivity contribution is 0.488. The van der Waals surface area contributed by atoms with Crippen molar-refractivity contribution < 1.29 is 0 Å². The first-order chi connectivity index (χ1) is 7.61. The van der Waals surface area contributed by atoms with E-state index in [1.54, 1.807) is 0 Å². The lowest BCUT2D eigenvalue weighted by Crippen LogP contribution is -2.33. The number of hydrogen-bond acceptors (Lipinski definition) is 1. The highest BCUT2D eigenvalue weighted by molar-refractivity contribution is 5.22. The van der Waals surface area contributed by atoms with E-state index in [-0.39, 0.29) is 0 Å². The third kappa shape index (κ3) is 4.63. The van der Waals surface area contributed by atoms with Gasteiger partial charge in [-0.25, -0.2) is 0 Å². The Hall–Kier alpha value is -1.08. The Kier molecular flexibility index (Phi) is 5.27. The molecule has 0 radical (unpaired) electrons. The van der Waals surface area contributed by atoms with Gasteiger partial charge in [0.1, 0.15) is 0 Å². The van der Waals surface area contributed by atoms with Gasteiger partial charge in [0.25, 0.3) is 0 Å². The van der Waals surface area contributed by atoms with E-state index in [1.807, 2.05) is 6.08 Å². The molecule has 0 saturated heterocycles. The second-order valence-electron chi connectivity index (χ2n) is 4.62. The third-order valence-corrected chi connectivity index (χ3v) is 2.85. The molecule has 0 fully saturated rings. The Morgan fingerprint density at radius 2 is 2.12 bits per heavy atom. The van der Waals surface area contributed by atoms with E-state index in [4.69, 9.17) is 0 Å². The van der Waals surface area contributed by atoms with Crippen LogP contribution in [0.25, 0.3) is 0 Å². The molecule has 2 unspecified atom stereocenters. The molecule has 0 aliphatic rings. The zero-order valence-corrected chi connectivity index (χ0v) is 10.7. The Bertz CT molecular complexity index is 330. The number of benzene rings is 1. The number of rotatable bonds is 6. The lowest BCUT2D eigenvalue weighted by Gasteiger charge is -2.17. The van der Waals surface area contributed by atoms with Crippen LogP contribution < -0.4 is 5.32 Å². The topological polar surface area (TPSA) is 12.0 Å². The van der Waals surface area contributed by atoms with Gasteiger partial charge in [-0.2, -0.15) is 0 Å². The number of aryl methyl sites for hydroxylation is 2. The normalized spacial score (nSPS) is 14.4. The van der Waals surface area contributed by atoms with Crippen LogP contribution in [0.1, 0.15) is 31.4 Å². The van der Waals surface area contributed by atoms with Crippen molar-refractivity contribution >= 4 is 0 Å². The van der Waals surface area contributed by atoms with Crippen LogP contribution in [-0.4, -0.2) is 12.1 Å². The fourth-order valence-corrected chi connectivity index (χ4v) is 1.85. The van der Waals surface area contributed by atoms with Gasteiger partial charge < -0.3 is 5.32 Å². The monoisotopic (exact) mass is 217 g/mol. The largest absolute Gasteiger partial charge is 0.308 e. The first-order valence-corrected chi connectivity index (χ1v) is 6.06. The molecule has 1 rings (SSSR count). The van der Waals surface area contributed by atoms with E-state index in [9.17, 15) is 0 Å². The van der Waals surface area contributed by atoms with Crippen molar-refractivity contribution in [2.45, 2.75) is 45.7 Å². The van der Waals surface area contributed by atoms with Crippen molar-refractivity contribution in [2.75, 3.05) is 0 Å². The molecule has 0 amide bonds. The molecule has 1 heteroatoms. The Morgan fingerprint density at radius 3 is 2.75 bits per heavy atom. The fourth-order valence-electron chi connectivity index (χ4n) is 1.85. The van der Waals surface area contributed by atoms with Crippen molar-refractivity contribution in [3.05, 3.63) is 48.0 Å². The highest BCUT2D eigenvalue weighted by atomic mass is 14.9. The maximum atomic E-state index is 3.78. The SMILES string of the molecule is C=CC(C)NC(C)CCc1cccc(C)c1. The summed E-state index contributed by atoms with van der Waals surface area (Å²) < 4.78 is 0. The Balaban J connectivity index is 2.36. The molecule has 2 atom stereocenters. The minimum absolute atomic E-state index is 0.396. The van der Waals surface area contributed by atoms with Crippen LogP contribution in [0.2, 0.25) is 0 Å². The van der Waals surface area contributed by atoms with Gasteiger partial charge in [0.15, 0.2) is 0 Å². The minimum Gasteiger partial charge on any atom is -0.308 e. The smallest absolute Gasteiger partial charge is 0.0221 e. The molecule has 88 valence electrons. The van der Waals surface area contributed by atoms with Crippen LogP contribution in [0.5, 0.6) is 0 Å². The highest BCUT2D eigenvalue weighted by Gasteiger charge is 2.04. The minimum atomic E-state index is 0.396. The van der Waals surface area contributed by atoms with Crippen LogP contribution in [0, 0.1) is 6.92 Å². The van der Waals surface area contributed by atoms with Gasteiger partial charge in [0, 0.05) is 12.1 Å². The zero-order chi connectivity index (χ0) is 12.0. The summed E-state index contributed by atoms with van der Waals surface area (Å²) in [5.74, 6) is 0. The summed E-state index contributed by atoms with van der Waals surface area (Å²) in [4.78, 5) is 0. The number of nitrogens with one attached hydrogen (secondary N) is 1. The van der Waals surface area contributed by atoms with E-state index in [2.05, 4.69) is 56.9 Å². The van der Waals surface area contributed by atoms with E-state index < -0.39 is 0 Å². The highest BCUT2D eigenvalue weighted by Crippen LogP contribution is 2.08. The first kappa shape index (κ1) is 13.0. The maximum Gasteiger partial charge on any atom is 0.0221 e. The summed E-state index contributed by atoms with van der Waals surface area (Å²) in [6, 6.07) is 9.68. The predicted octanol–water partition coefficient (Wildman–Crippen LogP) is 3.48. The molecule has 0 spiro atoms. The van der Waals surface area contributed by atoms with Crippen molar-refractivity contribution in [1.29, 1.82) is 0 Å². The van der Waals surface area contributed by atoms with Gasteiger partial charge in [0.05, 0.1) is 0 Å². The Labute approximate surface area is 99.6 Å². The van der Waals surface area contributed by atoms with Gasteiger partial charge in [-0.15, -0.1) is 6.58 Å². The molecule has 1 aromatic rings. The molecule has 0 heterocycles. The van der Waals surface area contributed by atoms with E-state index >= 15 is 0 Å². The molecule has 0 aromatic heterocycles. The summed E-state index contributed by atoms with van der Waals surface area (Å²) in [6.45, 7) is 10.3. The van der Waals surface area contributed by atoms with Gasteiger partial charge in [-0.1, -0.05) is 35.9 Å². The van der Waals surface area contributed by atoms with Gasteiger partial charge in [-0.05, 0) is 39.2 Å². The molecule has 1 N–H and O–H groups in total. The average Bonchev–Trinajstić information content (AvgIpc) is 2.26. The van der Waals surface area contributed by atoms with E-state index in [0.29, 0.717) is 12.1 Å². The molecule has 0 aliphatic heterocycles. The maximum absolute atomic E-state index is 3.78. The van der Waals surface area contributed by atoms with E-state index in [0.717, 1.165) is 6.42 Å². The molecule has 1 nitrogen and oxygen atoms in total. The molecular weight excluding hydrogens is 194 g/mol. The van der Waals surface area contributed by atoms with E-state index in [1.165, 1.54) is 17.5 Å². The quantitative estimate of drug-likeness (QED) is 0.719. The predicted molar refractivity (Wildman–Crippen MR) is 71.8 cm³/mol. The van der Waals surface area contributed by atoms with Crippen LogP contribution in [0.4, 0.5) is 0 Å². The lowest BCUT2D eigenvalue weighted by atomic mass is 10.0. The molecule has 1 aromatic carbocycles. The van der Waals surface area contributed by atoms with Crippen molar-refractivity contribution in [2.24, 2.45) is 0 Å². The van der Waals surface area contributed by atoms with Crippen LogP contribution in [0.15, 0.2) is 36.9 Å². The fraction of sp³-hybridized carbons (Fsp3) is 0.467. The van der Waals surface area contributed by atoms with Crippen LogP contribution >= 0.6 is 0 Å². The summed E-state index contributed by atoms with van der Waals surface area (Å²) in [7, 11) is 0. The molecule has 0 bridgehead atoms. The second-order valence-corrected chi connectivity index (χ2v) is 4.62. The van der Waals surface area contributed by atoms with Gasteiger partial charge >= 0.3 is 0 Å². The van der Waals surface area contributed by atoms with Crippen LogP contribution in [-0.2, 0) is 6.42 Å².